The van der Waals surface area contributed by atoms with Crippen molar-refractivity contribution in [3.8, 4) is 0 Å². The molecule has 0 spiro atoms. The standard InChI is InChI=1S/C21H39N5O3.HI/c1-10-22-19(23-13-18-24-15(4)16(5)28-18)26(9)12-11-17(14(2)3)25-20(27)29-21(6,7)8;/h14,17H,10-13H2,1-9H3,(H,22,23)(H,25,27);1H. The van der Waals surface area contributed by atoms with Crippen LogP contribution in [-0.4, -0.2) is 53.7 Å². The van der Waals surface area contributed by atoms with E-state index in [0.29, 0.717) is 12.4 Å². The Morgan fingerprint density at radius 1 is 1.30 bits per heavy atom. The molecule has 9 heteroatoms. The normalized spacial score (nSPS) is 12.9. The van der Waals surface area contributed by atoms with Gasteiger partial charge in [0.25, 0.3) is 0 Å². The van der Waals surface area contributed by atoms with Crippen LogP contribution in [-0.2, 0) is 11.3 Å². The molecular formula is C21H40IN5O3. The number of aliphatic imine (C=N–C) groups is 1. The van der Waals surface area contributed by atoms with E-state index in [4.69, 9.17) is 9.15 Å². The van der Waals surface area contributed by atoms with Crippen molar-refractivity contribution in [2.75, 3.05) is 20.1 Å². The summed E-state index contributed by atoms with van der Waals surface area (Å²) in [5, 5.41) is 6.29. The van der Waals surface area contributed by atoms with Gasteiger partial charge in [0.05, 0.1) is 5.69 Å². The van der Waals surface area contributed by atoms with E-state index in [2.05, 4.69) is 39.4 Å². The van der Waals surface area contributed by atoms with Crippen molar-refractivity contribution in [2.24, 2.45) is 10.9 Å². The van der Waals surface area contributed by atoms with Gasteiger partial charge in [-0.2, -0.15) is 0 Å². The molecule has 1 unspecified atom stereocenters. The first-order chi connectivity index (χ1) is 13.4. The second-order valence-electron chi connectivity index (χ2n) is 8.63. The molecule has 1 rings (SSSR count). The highest BCUT2D eigenvalue weighted by atomic mass is 127. The maximum absolute atomic E-state index is 12.1. The van der Waals surface area contributed by atoms with Crippen LogP contribution in [0.1, 0.15) is 65.3 Å². The quantitative estimate of drug-likeness (QED) is 0.293. The van der Waals surface area contributed by atoms with Gasteiger partial charge in [-0.3, -0.25) is 0 Å². The summed E-state index contributed by atoms with van der Waals surface area (Å²) in [6, 6.07) is 0.00668. The lowest BCUT2D eigenvalue weighted by Crippen LogP contribution is -2.45. The SMILES string of the molecule is CCNC(=NCc1nc(C)c(C)o1)N(C)CCC(NC(=O)OC(C)(C)C)C(C)C.I. The number of carbonyl (C=O) groups is 1. The molecule has 0 radical (unpaired) electrons. The number of amides is 1. The third kappa shape index (κ3) is 10.5. The molecular weight excluding hydrogens is 497 g/mol. The average Bonchev–Trinajstić information content (AvgIpc) is 2.91. The Hall–Kier alpha value is -1.52. The number of aryl methyl sites for hydroxylation is 2. The van der Waals surface area contributed by atoms with Crippen LogP contribution in [0.15, 0.2) is 9.41 Å². The van der Waals surface area contributed by atoms with Crippen LogP contribution in [0.2, 0.25) is 0 Å². The first kappa shape index (κ1) is 28.5. The summed E-state index contributed by atoms with van der Waals surface area (Å²) >= 11 is 0. The zero-order chi connectivity index (χ0) is 22.2. The highest BCUT2D eigenvalue weighted by molar-refractivity contribution is 14.0. The maximum atomic E-state index is 12.1. The number of aromatic nitrogens is 1. The summed E-state index contributed by atoms with van der Waals surface area (Å²) in [6.07, 6.45) is 0.392. The minimum Gasteiger partial charge on any atom is -0.444 e. The van der Waals surface area contributed by atoms with E-state index in [9.17, 15) is 4.79 Å². The Labute approximate surface area is 198 Å². The highest BCUT2D eigenvalue weighted by Crippen LogP contribution is 2.12. The van der Waals surface area contributed by atoms with Crippen LogP contribution in [0.25, 0.3) is 0 Å². The lowest BCUT2D eigenvalue weighted by molar-refractivity contribution is 0.0486. The molecule has 0 aromatic carbocycles. The average molecular weight is 537 g/mol. The molecule has 1 heterocycles. The minimum absolute atomic E-state index is 0. The van der Waals surface area contributed by atoms with Gasteiger partial charge < -0.3 is 24.7 Å². The molecule has 0 aliphatic rings. The van der Waals surface area contributed by atoms with Crippen molar-refractivity contribution in [1.29, 1.82) is 0 Å². The number of hydrogen-bond acceptors (Lipinski definition) is 5. The predicted molar refractivity (Wildman–Crippen MR) is 131 cm³/mol. The van der Waals surface area contributed by atoms with E-state index in [1.54, 1.807) is 0 Å². The highest BCUT2D eigenvalue weighted by Gasteiger charge is 2.22. The summed E-state index contributed by atoms with van der Waals surface area (Å²) in [6.45, 7) is 17.5. The van der Waals surface area contributed by atoms with Gasteiger partial charge in [-0.25, -0.2) is 14.8 Å². The van der Waals surface area contributed by atoms with Crippen molar-refractivity contribution in [3.05, 3.63) is 17.3 Å². The van der Waals surface area contributed by atoms with Crippen molar-refractivity contribution in [1.82, 2.24) is 20.5 Å². The van der Waals surface area contributed by atoms with Crippen molar-refractivity contribution < 1.29 is 13.9 Å². The lowest BCUT2D eigenvalue weighted by Gasteiger charge is -2.28. The number of guanidine groups is 1. The van der Waals surface area contributed by atoms with Gasteiger partial charge in [0.15, 0.2) is 5.96 Å². The number of ether oxygens (including phenoxy) is 1. The zero-order valence-corrected chi connectivity index (χ0v) is 22.3. The van der Waals surface area contributed by atoms with Gasteiger partial charge in [-0.05, 0) is 53.9 Å². The molecule has 30 heavy (non-hydrogen) atoms. The predicted octanol–water partition coefficient (Wildman–Crippen LogP) is 4.25. The van der Waals surface area contributed by atoms with Crippen LogP contribution >= 0.6 is 24.0 Å². The largest absolute Gasteiger partial charge is 0.444 e. The molecule has 2 N–H and O–H groups in total. The number of halogens is 1. The van der Waals surface area contributed by atoms with E-state index in [0.717, 1.165) is 36.9 Å². The molecule has 0 bridgehead atoms. The molecule has 1 aromatic heterocycles. The number of hydrogen-bond donors (Lipinski definition) is 2. The monoisotopic (exact) mass is 537 g/mol. The zero-order valence-electron chi connectivity index (χ0n) is 20.0. The molecule has 0 aliphatic carbocycles. The molecule has 0 saturated carbocycles. The fraction of sp³-hybridized carbons (Fsp3) is 0.762. The van der Waals surface area contributed by atoms with Crippen LogP contribution in [0.3, 0.4) is 0 Å². The maximum Gasteiger partial charge on any atom is 0.407 e. The van der Waals surface area contributed by atoms with Crippen LogP contribution in [0.4, 0.5) is 4.79 Å². The number of nitrogens with zero attached hydrogens (tertiary/aromatic N) is 3. The van der Waals surface area contributed by atoms with E-state index in [1.165, 1.54) is 0 Å². The van der Waals surface area contributed by atoms with Gasteiger partial charge in [-0.1, -0.05) is 13.8 Å². The lowest BCUT2D eigenvalue weighted by atomic mass is 10.0. The number of oxazole rings is 1. The van der Waals surface area contributed by atoms with Gasteiger partial charge >= 0.3 is 6.09 Å². The summed E-state index contributed by atoms with van der Waals surface area (Å²) in [4.78, 5) is 23.2. The fourth-order valence-corrected chi connectivity index (χ4v) is 2.69. The molecule has 0 aliphatic heterocycles. The first-order valence-electron chi connectivity index (χ1n) is 10.3. The smallest absolute Gasteiger partial charge is 0.407 e. The Bertz CT molecular complexity index is 663. The minimum atomic E-state index is -0.510. The Morgan fingerprint density at radius 3 is 2.40 bits per heavy atom. The second kappa shape index (κ2) is 13.0. The van der Waals surface area contributed by atoms with E-state index >= 15 is 0 Å². The van der Waals surface area contributed by atoms with Gasteiger partial charge in [-0.15, -0.1) is 24.0 Å². The first-order valence-corrected chi connectivity index (χ1v) is 10.3. The van der Waals surface area contributed by atoms with Gasteiger partial charge in [0.2, 0.25) is 5.89 Å². The molecule has 1 aromatic rings. The Balaban J connectivity index is 0.00000841. The molecule has 0 fully saturated rings. The van der Waals surface area contributed by atoms with E-state index in [-0.39, 0.29) is 42.0 Å². The third-order valence-electron chi connectivity index (χ3n) is 4.42. The van der Waals surface area contributed by atoms with Crippen molar-refractivity contribution in [2.45, 2.75) is 80.0 Å². The molecule has 8 nitrogen and oxygen atoms in total. The fourth-order valence-electron chi connectivity index (χ4n) is 2.69. The van der Waals surface area contributed by atoms with E-state index < -0.39 is 5.60 Å². The number of rotatable bonds is 8. The van der Waals surface area contributed by atoms with Crippen LogP contribution in [0.5, 0.6) is 0 Å². The molecule has 1 atom stereocenters. The number of nitrogens with one attached hydrogen (secondary N) is 2. The summed E-state index contributed by atoms with van der Waals surface area (Å²) in [7, 11) is 1.98. The topological polar surface area (TPSA) is 92.0 Å². The van der Waals surface area contributed by atoms with E-state index in [1.807, 2.05) is 48.6 Å². The summed E-state index contributed by atoms with van der Waals surface area (Å²) in [5.74, 6) is 2.49. The second-order valence-corrected chi connectivity index (χ2v) is 8.63. The number of carbonyl (C=O) groups excluding carboxylic acids is 1. The Kier molecular flexibility index (Phi) is 12.4. The van der Waals surface area contributed by atoms with Crippen LogP contribution < -0.4 is 10.6 Å². The van der Waals surface area contributed by atoms with Gasteiger partial charge in [0, 0.05) is 26.2 Å². The van der Waals surface area contributed by atoms with Gasteiger partial charge in [0.1, 0.15) is 17.9 Å². The van der Waals surface area contributed by atoms with Crippen molar-refractivity contribution in [3.63, 3.8) is 0 Å². The van der Waals surface area contributed by atoms with Crippen LogP contribution in [0, 0.1) is 19.8 Å². The molecule has 1 amide bonds. The molecule has 174 valence electrons. The third-order valence-corrected chi connectivity index (χ3v) is 4.42. The van der Waals surface area contributed by atoms with Crippen molar-refractivity contribution >= 4 is 36.0 Å². The Morgan fingerprint density at radius 2 is 1.93 bits per heavy atom. The molecule has 0 saturated heterocycles. The summed E-state index contributed by atoms with van der Waals surface area (Å²) < 4.78 is 11.0. The summed E-state index contributed by atoms with van der Waals surface area (Å²) in [5.41, 5.74) is 0.380. The number of alkyl carbamates (subject to hydrolysis) is 1.